The highest BCUT2D eigenvalue weighted by atomic mass is 127. The molecule has 2 heterocycles. The van der Waals surface area contributed by atoms with Gasteiger partial charge >= 0.3 is 0 Å². The third kappa shape index (κ3) is 1.54. The van der Waals surface area contributed by atoms with Crippen molar-refractivity contribution in [3.63, 3.8) is 0 Å². The van der Waals surface area contributed by atoms with Crippen LogP contribution in [0.2, 0.25) is 0 Å². The van der Waals surface area contributed by atoms with Crippen LogP contribution in [0.5, 0.6) is 0 Å². The average molecular weight is 378 g/mol. The van der Waals surface area contributed by atoms with Gasteiger partial charge in [0.2, 0.25) is 0 Å². The SMILES string of the molecule is O=c1c2cccc(I)c2nc2sc3ccccc3n12. The summed E-state index contributed by atoms with van der Waals surface area (Å²) in [5.41, 5.74) is 1.73. The van der Waals surface area contributed by atoms with Crippen molar-refractivity contribution >= 4 is 60.0 Å². The molecule has 0 aliphatic heterocycles. The summed E-state index contributed by atoms with van der Waals surface area (Å²) < 4.78 is 3.79. The first-order valence-electron chi connectivity index (χ1n) is 5.74. The van der Waals surface area contributed by atoms with Crippen molar-refractivity contribution in [3.8, 4) is 0 Å². The summed E-state index contributed by atoms with van der Waals surface area (Å²) in [6.07, 6.45) is 0. The highest BCUT2D eigenvalue weighted by molar-refractivity contribution is 14.1. The van der Waals surface area contributed by atoms with Crippen LogP contribution in [0.15, 0.2) is 47.3 Å². The van der Waals surface area contributed by atoms with Crippen LogP contribution in [0.1, 0.15) is 0 Å². The lowest BCUT2D eigenvalue weighted by Crippen LogP contribution is -2.13. The molecule has 0 N–H and O–H groups in total. The normalized spacial score (nSPS) is 11.6. The minimum atomic E-state index is 0.0102. The van der Waals surface area contributed by atoms with Crippen LogP contribution in [0.3, 0.4) is 0 Å². The van der Waals surface area contributed by atoms with Crippen LogP contribution < -0.4 is 5.56 Å². The van der Waals surface area contributed by atoms with Crippen molar-refractivity contribution in [1.82, 2.24) is 9.38 Å². The van der Waals surface area contributed by atoms with E-state index < -0.39 is 0 Å². The van der Waals surface area contributed by atoms with Gasteiger partial charge in [0.25, 0.3) is 5.56 Å². The predicted molar refractivity (Wildman–Crippen MR) is 87.1 cm³/mol. The van der Waals surface area contributed by atoms with E-state index in [1.165, 1.54) is 0 Å². The molecule has 0 saturated heterocycles. The molecule has 5 heteroatoms. The Bertz CT molecular complexity index is 1000. The zero-order chi connectivity index (χ0) is 13.0. The molecule has 0 saturated carbocycles. The molecule has 3 nitrogen and oxygen atoms in total. The van der Waals surface area contributed by atoms with Gasteiger partial charge in [0, 0.05) is 3.57 Å². The van der Waals surface area contributed by atoms with Gasteiger partial charge in [0.1, 0.15) is 0 Å². The van der Waals surface area contributed by atoms with Gasteiger partial charge < -0.3 is 0 Å². The topological polar surface area (TPSA) is 34.4 Å². The molecule has 4 aromatic rings. The smallest absolute Gasteiger partial charge is 0.266 e. The number of aromatic nitrogens is 2. The Balaban J connectivity index is 2.38. The zero-order valence-electron chi connectivity index (χ0n) is 9.63. The Morgan fingerprint density at radius 1 is 1.11 bits per heavy atom. The van der Waals surface area contributed by atoms with Crippen LogP contribution in [0.4, 0.5) is 0 Å². The zero-order valence-corrected chi connectivity index (χ0v) is 12.6. The first kappa shape index (κ1) is 11.4. The quantitative estimate of drug-likeness (QED) is 0.438. The number of benzene rings is 2. The summed E-state index contributed by atoms with van der Waals surface area (Å²) in [5, 5.41) is 0.674. The number of hydrogen-bond acceptors (Lipinski definition) is 3. The van der Waals surface area contributed by atoms with Gasteiger partial charge in [-0.25, -0.2) is 4.98 Å². The maximum absolute atomic E-state index is 12.6. The van der Waals surface area contributed by atoms with Crippen molar-refractivity contribution in [2.24, 2.45) is 0 Å². The highest BCUT2D eigenvalue weighted by Crippen LogP contribution is 2.26. The minimum absolute atomic E-state index is 0.0102. The Kier molecular flexibility index (Phi) is 2.40. The Labute approximate surface area is 125 Å². The molecule has 0 atom stereocenters. The summed E-state index contributed by atoms with van der Waals surface area (Å²) in [7, 11) is 0. The van der Waals surface area contributed by atoms with E-state index in [4.69, 9.17) is 0 Å². The van der Waals surface area contributed by atoms with Crippen LogP contribution >= 0.6 is 33.9 Å². The standard InChI is InChI=1S/C14H7IN2OS/c15-9-5-3-4-8-12(9)16-14-17(13(8)18)10-6-1-2-7-11(10)19-14/h1-7H. The molecule has 0 radical (unpaired) electrons. The van der Waals surface area contributed by atoms with Gasteiger partial charge in [-0.3, -0.25) is 9.20 Å². The number of nitrogens with zero attached hydrogens (tertiary/aromatic N) is 2. The average Bonchev–Trinajstić information content (AvgIpc) is 2.79. The van der Waals surface area contributed by atoms with Crippen LogP contribution in [-0.4, -0.2) is 9.38 Å². The summed E-state index contributed by atoms with van der Waals surface area (Å²) >= 11 is 3.77. The van der Waals surface area contributed by atoms with Gasteiger partial charge in [-0.2, -0.15) is 0 Å². The molecule has 0 fully saturated rings. The molecular formula is C14H7IN2OS. The van der Waals surface area contributed by atoms with Crippen molar-refractivity contribution in [3.05, 3.63) is 56.4 Å². The lowest BCUT2D eigenvalue weighted by atomic mass is 10.2. The van der Waals surface area contributed by atoms with E-state index in [-0.39, 0.29) is 5.56 Å². The second kappa shape index (κ2) is 4.01. The van der Waals surface area contributed by atoms with E-state index in [0.29, 0.717) is 5.39 Å². The molecule has 92 valence electrons. The molecule has 19 heavy (non-hydrogen) atoms. The maximum Gasteiger partial charge on any atom is 0.266 e. The number of halogens is 1. The molecule has 4 rings (SSSR count). The van der Waals surface area contributed by atoms with Gasteiger partial charge in [-0.15, -0.1) is 0 Å². The number of hydrogen-bond donors (Lipinski definition) is 0. The predicted octanol–water partition coefficient (Wildman–Crippen LogP) is 3.67. The minimum Gasteiger partial charge on any atom is -0.268 e. The van der Waals surface area contributed by atoms with E-state index in [1.54, 1.807) is 15.7 Å². The Hall–Kier alpha value is -1.47. The number of thiazole rings is 1. The second-order valence-corrected chi connectivity index (χ2v) is 6.41. The van der Waals surface area contributed by atoms with Gasteiger partial charge in [-0.05, 0) is 46.9 Å². The molecule has 0 aliphatic carbocycles. The largest absolute Gasteiger partial charge is 0.268 e. The van der Waals surface area contributed by atoms with Crippen molar-refractivity contribution in [2.45, 2.75) is 0 Å². The summed E-state index contributed by atoms with van der Waals surface area (Å²) in [4.78, 5) is 18.0. The molecule has 0 aliphatic rings. The van der Waals surface area contributed by atoms with Gasteiger partial charge in [0.15, 0.2) is 4.96 Å². The molecular weight excluding hydrogens is 371 g/mol. The van der Waals surface area contributed by atoms with E-state index in [1.807, 2.05) is 42.5 Å². The first-order valence-corrected chi connectivity index (χ1v) is 7.64. The Morgan fingerprint density at radius 3 is 2.84 bits per heavy atom. The van der Waals surface area contributed by atoms with Crippen molar-refractivity contribution in [1.29, 1.82) is 0 Å². The van der Waals surface area contributed by atoms with Crippen LogP contribution in [0, 0.1) is 3.57 Å². The molecule has 2 aromatic carbocycles. The molecule has 0 spiro atoms. The fourth-order valence-electron chi connectivity index (χ4n) is 2.26. The fourth-order valence-corrected chi connectivity index (χ4v) is 3.90. The third-order valence-electron chi connectivity index (χ3n) is 3.13. The van der Waals surface area contributed by atoms with E-state index in [9.17, 15) is 4.79 Å². The second-order valence-electron chi connectivity index (χ2n) is 4.24. The van der Waals surface area contributed by atoms with Crippen molar-refractivity contribution in [2.75, 3.05) is 0 Å². The molecule has 0 unspecified atom stereocenters. The van der Waals surface area contributed by atoms with E-state index in [0.717, 1.165) is 24.3 Å². The maximum atomic E-state index is 12.6. The summed E-state index contributed by atoms with van der Waals surface area (Å²) in [6.45, 7) is 0. The molecule has 0 amide bonds. The fraction of sp³-hybridized carbons (Fsp3) is 0. The van der Waals surface area contributed by atoms with E-state index >= 15 is 0 Å². The van der Waals surface area contributed by atoms with Gasteiger partial charge in [0.05, 0.1) is 21.1 Å². The molecule has 0 bridgehead atoms. The Morgan fingerprint density at radius 2 is 1.95 bits per heavy atom. The monoisotopic (exact) mass is 378 g/mol. The lowest BCUT2D eigenvalue weighted by Gasteiger charge is -2.00. The number of para-hydroxylation sites is 2. The number of fused-ring (bicyclic) bond motifs is 4. The summed E-state index contributed by atoms with van der Waals surface area (Å²) in [5.74, 6) is 0. The van der Waals surface area contributed by atoms with E-state index in [2.05, 4.69) is 27.6 Å². The molecule has 2 aromatic heterocycles. The lowest BCUT2D eigenvalue weighted by molar-refractivity contribution is 1.16. The first-order chi connectivity index (χ1) is 9.25. The van der Waals surface area contributed by atoms with Gasteiger partial charge in [-0.1, -0.05) is 29.5 Å². The summed E-state index contributed by atoms with van der Waals surface area (Å²) in [6, 6.07) is 13.6. The van der Waals surface area contributed by atoms with Crippen LogP contribution in [-0.2, 0) is 0 Å². The van der Waals surface area contributed by atoms with Crippen LogP contribution in [0.25, 0.3) is 26.1 Å². The third-order valence-corrected chi connectivity index (χ3v) is 5.02. The highest BCUT2D eigenvalue weighted by Gasteiger charge is 2.12. The number of rotatable bonds is 0. The van der Waals surface area contributed by atoms with Crippen molar-refractivity contribution < 1.29 is 0 Å².